The van der Waals surface area contributed by atoms with Gasteiger partial charge in [0.2, 0.25) is 0 Å². The molecule has 0 aliphatic heterocycles. The quantitative estimate of drug-likeness (QED) is 0.870. The monoisotopic (exact) mass is 370 g/mol. The van der Waals surface area contributed by atoms with E-state index >= 15 is 0 Å². The molecule has 1 aromatic heterocycles. The number of hydrogen-bond acceptors (Lipinski definition) is 3. The van der Waals surface area contributed by atoms with E-state index in [-0.39, 0.29) is 11.9 Å². The number of nitrogens with one attached hydrogen (secondary N) is 1. The van der Waals surface area contributed by atoms with Crippen molar-refractivity contribution < 1.29 is 9.18 Å². The third-order valence-electron chi connectivity index (χ3n) is 3.08. The molecule has 2 aromatic rings. The SMILES string of the molecule is CN(C)C(CNC(=O)c1cc(F)cc(Br)c1)c1cccs1. The lowest BCUT2D eigenvalue weighted by Crippen LogP contribution is -2.34. The van der Waals surface area contributed by atoms with Crippen LogP contribution in [-0.4, -0.2) is 31.4 Å². The van der Waals surface area contributed by atoms with Crippen molar-refractivity contribution in [3.8, 4) is 0 Å². The minimum atomic E-state index is -0.433. The molecule has 1 aromatic carbocycles. The van der Waals surface area contributed by atoms with Crippen molar-refractivity contribution in [2.45, 2.75) is 6.04 Å². The first-order chi connectivity index (χ1) is 9.97. The highest BCUT2D eigenvalue weighted by Crippen LogP contribution is 2.22. The van der Waals surface area contributed by atoms with E-state index in [1.165, 1.54) is 17.0 Å². The van der Waals surface area contributed by atoms with Crippen molar-refractivity contribution >= 4 is 33.2 Å². The first kappa shape index (κ1) is 16.1. The number of benzene rings is 1. The Morgan fingerprint density at radius 1 is 1.43 bits per heavy atom. The average molecular weight is 371 g/mol. The van der Waals surface area contributed by atoms with Gasteiger partial charge >= 0.3 is 0 Å². The van der Waals surface area contributed by atoms with Gasteiger partial charge in [-0.05, 0) is 43.7 Å². The molecule has 0 bridgehead atoms. The number of thiophene rings is 1. The number of carbonyl (C=O) groups excluding carboxylic acids is 1. The first-order valence-corrected chi connectivity index (χ1v) is 8.09. The van der Waals surface area contributed by atoms with E-state index in [1.54, 1.807) is 17.4 Å². The van der Waals surface area contributed by atoms with Crippen molar-refractivity contribution in [2.24, 2.45) is 0 Å². The molecule has 21 heavy (non-hydrogen) atoms. The van der Waals surface area contributed by atoms with Crippen LogP contribution in [0.1, 0.15) is 21.3 Å². The van der Waals surface area contributed by atoms with Gasteiger partial charge in [0.05, 0.1) is 6.04 Å². The normalized spacial score (nSPS) is 12.4. The lowest BCUT2D eigenvalue weighted by molar-refractivity contribution is 0.0941. The molecule has 0 saturated carbocycles. The fraction of sp³-hybridized carbons (Fsp3) is 0.267. The van der Waals surface area contributed by atoms with Gasteiger partial charge in [-0.3, -0.25) is 4.79 Å². The minimum Gasteiger partial charge on any atom is -0.350 e. The molecule has 1 amide bonds. The Kier molecular flexibility index (Phi) is 5.50. The highest BCUT2D eigenvalue weighted by atomic mass is 79.9. The highest BCUT2D eigenvalue weighted by Gasteiger charge is 2.17. The molecule has 1 heterocycles. The summed E-state index contributed by atoms with van der Waals surface area (Å²) in [6.45, 7) is 0.473. The topological polar surface area (TPSA) is 32.3 Å². The first-order valence-electron chi connectivity index (χ1n) is 6.41. The van der Waals surface area contributed by atoms with Crippen LogP contribution in [0.15, 0.2) is 40.2 Å². The molecule has 6 heteroatoms. The van der Waals surface area contributed by atoms with Crippen molar-refractivity contribution in [1.82, 2.24) is 10.2 Å². The number of rotatable bonds is 5. The van der Waals surface area contributed by atoms with Gasteiger partial charge in [-0.2, -0.15) is 0 Å². The number of carbonyl (C=O) groups is 1. The minimum absolute atomic E-state index is 0.103. The van der Waals surface area contributed by atoms with Crippen LogP contribution in [0.3, 0.4) is 0 Å². The fourth-order valence-electron chi connectivity index (χ4n) is 1.99. The molecule has 1 unspecified atom stereocenters. The van der Waals surface area contributed by atoms with E-state index < -0.39 is 5.82 Å². The number of likely N-dealkylation sites (N-methyl/N-ethyl adjacent to an activating group) is 1. The van der Waals surface area contributed by atoms with Gasteiger partial charge in [-0.1, -0.05) is 22.0 Å². The molecule has 3 nitrogen and oxygen atoms in total. The van der Waals surface area contributed by atoms with Gasteiger partial charge in [0.1, 0.15) is 5.82 Å². The zero-order valence-corrected chi connectivity index (χ0v) is 14.2. The van der Waals surface area contributed by atoms with Crippen LogP contribution in [0.25, 0.3) is 0 Å². The third kappa shape index (κ3) is 4.36. The third-order valence-corrected chi connectivity index (χ3v) is 4.51. The molecular weight excluding hydrogens is 355 g/mol. The standard InChI is InChI=1S/C15H16BrFN2OS/c1-19(2)13(14-4-3-5-21-14)9-18-15(20)10-6-11(16)8-12(17)7-10/h3-8,13H,9H2,1-2H3,(H,18,20). The fourth-order valence-corrected chi connectivity index (χ4v) is 3.38. The van der Waals surface area contributed by atoms with E-state index in [0.29, 0.717) is 16.6 Å². The predicted molar refractivity (Wildman–Crippen MR) is 87.2 cm³/mol. The van der Waals surface area contributed by atoms with Gasteiger partial charge in [0, 0.05) is 21.5 Å². The number of amides is 1. The molecule has 0 saturated heterocycles. The highest BCUT2D eigenvalue weighted by molar-refractivity contribution is 9.10. The Bertz CT molecular complexity index is 596. The van der Waals surface area contributed by atoms with Crippen molar-refractivity contribution in [3.05, 3.63) is 56.4 Å². The molecule has 1 atom stereocenters. The molecule has 0 radical (unpaired) electrons. The summed E-state index contributed by atoms with van der Waals surface area (Å²) in [7, 11) is 3.94. The summed E-state index contributed by atoms with van der Waals surface area (Å²) in [5, 5.41) is 4.87. The summed E-state index contributed by atoms with van der Waals surface area (Å²) in [5.74, 6) is -0.712. The van der Waals surface area contributed by atoms with E-state index in [1.807, 2.05) is 36.5 Å². The van der Waals surface area contributed by atoms with Crippen molar-refractivity contribution in [2.75, 3.05) is 20.6 Å². The van der Waals surface area contributed by atoms with E-state index in [0.717, 1.165) is 0 Å². The Balaban J connectivity index is 2.05. The molecule has 2 rings (SSSR count). The maximum Gasteiger partial charge on any atom is 0.251 e. The second-order valence-electron chi connectivity index (χ2n) is 4.86. The number of halogens is 2. The molecule has 112 valence electrons. The van der Waals surface area contributed by atoms with Crippen LogP contribution < -0.4 is 5.32 Å². The maximum atomic E-state index is 13.3. The Hall–Kier alpha value is -1.24. The largest absolute Gasteiger partial charge is 0.350 e. The summed E-state index contributed by atoms with van der Waals surface area (Å²) in [6, 6.07) is 8.29. The van der Waals surface area contributed by atoms with E-state index in [2.05, 4.69) is 21.2 Å². The van der Waals surface area contributed by atoms with Crippen LogP contribution in [0.2, 0.25) is 0 Å². The van der Waals surface area contributed by atoms with Crippen LogP contribution in [0.4, 0.5) is 4.39 Å². The molecule has 0 spiro atoms. The number of nitrogens with zero attached hydrogens (tertiary/aromatic N) is 1. The van der Waals surface area contributed by atoms with Gasteiger partial charge < -0.3 is 10.2 Å². The number of hydrogen-bond donors (Lipinski definition) is 1. The summed E-state index contributed by atoms with van der Waals surface area (Å²) < 4.78 is 13.9. The van der Waals surface area contributed by atoms with Crippen LogP contribution >= 0.6 is 27.3 Å². The smallest absolute Gasteiger partial charge is 0.251 e. The van der Waals surface area contributed by atoms with Crippen LogP contribution in [0, 0.1) is 5.82 Å². The molecule has 1 N–H and O–H groups in total. The summed E-state index contributed by atoms with van der Waals surface area (Å²) in [5.41, 5.74) is 0.311. The van der Waals surface area contributed by atoms with Crippen molar-refractivity contribution in [3.63, 3.8) is 0 Å². The summed E-state index contributed by atoms with van der Waals surface area (Å²) >= 11 is 4.84. The Morgan fingerprint density at radius 2 is 2.19 bits per heavy atom. The second-order valence-corrected chi connectivity index (χ2v) is 6.76. The predicted octanol–water partition coefficient (Wildman–Crippen LogP) is 3.68. The lowest BCUT2D eigenvalue weighted by atomic mass is 10.2. The van der Waals surface area contributed by atoms with Gasteiger partial charge in [-0.15, -0.1) is 11.3 Å². The van der Waals surface area contributed by atoms with E-state index in [4.69, 9.17) is 0 Å². The van der Waals surface area contributed by atoms with Crippen LogP contribution in [0.5, 0.6) is 0 Å². The molecule has 0 aliphatic rings. The zero-order valence-electron chi connectivity index (χ0n) is 11.8. The van der Waals surface area contributed by atoms with Gasteiger partial charge in [0.15, 0.2) is 0 Å². The average Bonchev–Trinajstić information content (AvgIpc) is 2.91. The second kappa shape index (κ2) is 7.15. The van der Waals surface area contributed by atoms with Crippen LogP contribution in [-0.2, 0) is 0 Å². The summed E-state index contributed by atoms with van der Waals surface area (Å²) in [6.07, 6.45) is 0. The van der Waals surface area contributed by atoms with Gasteiger partial charge in [-0.25, -0.2) is 4.39 Å². The Labute approximate surface area is 135 Å². The van der Waals surface area contributed by atoms with Crippen molar-refractivity contribution in [1.29, 1.82) is 0 Å². The molecule has 0 aliphatic carbocycles. The molecular formula is C15H16BrFN2OS. The summed E-state index contributed by atoms with van der Waals surface area (Å²) in [4.78, 5) is 15.4. The molecule has 0 fully saturated rings. The zero-order chi connectivity index (χ0) is 15.4. The van der Waals surface area contributed by atoms with Gasteiger partial charge in [0.25, 0.3) is 5.91 Å². The lowest BCUT2D eigenvalue weighted by Gasteiger charge is -2.23. The van der Waals surface area contributed by atoms with E-state index in [9.17, 15) is 9.18 Å². The Morgan fingerprint density at radius 3 is 2.76 bits per heavy atom. The maximum absolute atomic E-state index is 13.3.